The van der Waals surface area contributed by atoms with Gasteiger partial charge in [-0.1, -0.05) is 18.7 Å². The molecule has 0 saturated carbocycles. The lowest BCUT2D eigenvalue weighted by molar-refractivity contribution is -0.129. The summed E-state index contributed by atoms with van der Waals surface area (Å²) >= 11 is 0. The number of carbonyl (C=O) groups excluding carboxylic acids is 1. The van der Waals surface area contributed by atoms with E-state index in [1.54, 1.807) is 0 Å². The highest BCUT2D eigenvalue weighted by atomic mass is 16.5. The zero-order valence-corrected chi connectivity index (χ0v) is 7.25. The molecule has 2 nitrogen and oxygen atoms in total. The van der Waals surface area contributed by atoms with Crippen molar-refractivity contribution in [3.8, 4) is 5.75 Å². The van der Waals surface area contributed by atoms with Crippen LogP contribution in [0.15, 0.2) is 30.9 Å². The number of benzene rings is 1. The predicted molar refractivity (Wildman–Crippen MR) is 49.7 cm³/mol. The van der Waals surface area contributed by atoms with Gasteiger partial charge in [-0.15, -0.1) is 0 Å². The molecule has 2 heteroatoms. The number of aryl methyl sites for hydroxylation is 1. The summed E-state index contributed by atoms with van der Waals surface area (Å²) in [6.07, 6.45) is 3.28. The minimum absolute atomic E-state index is 0.389. The maximum absolute atomic E-state index is 10.9. The van der Waals surface area contributed by atoms with Gasteiger partial charge >= 0.3 is 5.97 Å². The van der Waals surface area contributed by atoms with Gasteiger partial charge in [0.25, 0.3) is 0 Å². The second-order valence-electron chi connectivity index (χ2n) is 3.02. The monoisotopic (exact) mass is 174 g/mol. The quantitative estimate of drug-likeness (QED) is 0.388. The van der Waals surface area contributed by atoms with Crippen LogP contribution in [0.3, 0.4) is 0 Å². The van der Waals surface area contributed by atoms with E-state index in [0.29, 0.717) is 5.75 Å². The van der Waals surface area contributed by atoms with Crippen molar-refractivity contribution in [1.82, 2.24) is 0 Å². The molecule has 0 bridgehead atoms. The van der Waals surface area contributed by atoms with Gasteiger partial charge in [0.2, 0.25) is 0 Å². The number of hydrogen-bond acceptors (Lipinski definition) is 2. The standard InChI is InChI=1S/C11H10O2/c1-2-11(12)13-10-5-3-4-8-6-7-9(8)10/h2-5H,1,6-7H2. The Hall–Kier alpha value is -1.57. The molecule has 0 saturated heterocycles. The molecule has 0 atom stereocenters. The fourth-order valence-electron chi connectivity index (χ4n) is 1.46. The van der Waals surface area contributed by atoms with E-state index >= 15 is 0 Å². The molecular weight excluding hydrogens is 164 g/mol. The molecule has 1 aliphatic rings. The SMILES string of the molecule is C=CC(=O)Oc1cccc2c1CC2. The van der Waals surface area contributed by atoms with E-state index in [9.17, 15) is 4.79 Å². The van der Waals surface area contributed by atoms with Crippen LogP contribution in [0, 0.1) is 0 Å². The zero-order chi connectivity index (χ0) is 9.26. The number of ether oxygens (including phenoxy) is 1. The highest BCUT2D eigenvalue weighted by molar-refractivity contribution is 5.83. The summed E-state index contributed by atoms with van der Waals surface area (Å²) in [6.45, 7) is 3.35. The van der Waals surface area contributed by atoms with Gasteiger partial charge in [0.1, 0.15) is 5.75 Å². The summed E-state index contributed by atoms with van der Waals surface area (Å²) in [5, 5.41) is 0. The molecule has 1 aliphatic carbocycles. The largest absolute Gasteiger partial charge is 0.423 e. The Kier molecular flexibility index (Phi) is 1.89. The molecule has 0 heterocycles. The normalized spacial score (nSPS) is 12.6. The zero-order valence-electron chi connectivity index (χ0n) is 7.25. The van der Waals surface area contributed by atoms with Gasteiger partial charge in [-0.25, -0.2) is 4.79 Å². The molecule has 2 rings (SSSR count). The number of fused-ring (bicyclic) bond motifs is 1. The van der Waals surface area contributed by atoms with Crippen LogP contribution in [0.25, 0.3) is 0 Å². The van der Waals surface area contributed by atoms with Gasteiger partial charge in [0.15, 0.2) is 0 Å². The van der Waals surface area contributed by atoms with E-state index < -0.39 is 0 Å². The van der Waals surface area contributed by atoms with E-state index in [2.05, 4.69) is 12.6 Å². The molecule has 0 spiro atoms. The average molecular weight is 174 g/mol. The van der Waals surface area contributed by atoms with Gasteiger partial charge < -0.3 is 4.74 Å². The first kappa shape index (κ1) is 8.05. The topological polar surface area (TPSA) is 26.3 Å². The van der Waals surface area contributed by atoms with Gasteiger partial charge in [0, 0.05) is 6.08 Å². The molecule has 0 aliphatic heterocycles. The van der Waals surface area contributed by atoms with Crippen LogP contribution in [0.5, 0.6) is 5.75 Å². The number of rotatable bonds is 2. The molecule has 0 fully saturated rings. The summed E-state index contributed by atoms with van der Waals surface area (Å²) < 4.78 is 5.07. The van der Waals surface area contributed by atoms with Gasteiger partial charge in [0.05, 0.1) is 0 Å². The lowest BCUT2D eigenvalue weighted by Gasteiger charge is -2.20. The van der Waals surface area contributed by atoms with Crippen LogP contribution in [-0.4, -0.2) is 5.97 Å². The summed E-state index contributed by atoms with van der Waals surface area (Å²) in [5.74, 6) is 0.300. The van der Waals surface area contributed by atoms with Crippen LogP contribution < -0.4 is 4.74 Å². The predicted octanol–water partition coefficient (Wildman–Crippen LogP) is 1.88. The summed E-state index contributed by atoms with van der Waals surface area (Å²) in [5.41, 5.74) is 2.45. The van der Waals surface area contributed by atoms with Crippen LogP contribution in [0.1, 0.15) is 11.1 Å². The Morgan fingerprint density at radius 3 is 2.92 bits per heavy atom. The van der Waals surface area contributed by atoms with Gasteiger partial charge in [-0.2, -0.15) is 0 Å². The van der Waals surface area contributed by atoms with Crippen molar-refractivity contribution in [2.24, 2.45) is 0 Å². The van der Waals surface area contributed by atoms with Crippen LogP contribution in [0.2, 0.25) is 0 Å². The Bertz CT molecular complexity index is 366. The van der Waals surface area contributed by atoms with E-state index in [1.807, 2.05) is 12.1 Å². The van der Waals surface area contributed by atoms with E-state index in [1.165, 1.54) is 11.6 Å². The Morgan fingerprint density at radius 1 is 1.46 bits per heavy atom. The Balaban J connectivity index is 2.26. The molecule has 66 valence electrons. The van der Waals surface area contributed by atoms with E-state index in [4.69, 9.17) is 4.74 Å². The van der Waals surface area contributed by atoms with Crippen LogP contribution in [-0.2, 0) is 17.6 Å². The molecule has 13 heavy (non-hydrogen) atoms. The molecule has 0 N–H and O–H groups in total. The van der Waals surface area contributed by atoms with Crippen molar-refractivity contribution in [3.05, 3.63) is 42.0 Å². The van der Waals surface area contributed by atoms with Crippen molar-refractivity contribution in [2.45, 2.75) is 12.8 Å². The molecule has 1 aromatic carbocycles. The van der Waals surface area contributed by atoms with Crippen LogP contribution in [0.4, 0.5) is 0 Å². The summed E-state index contributed by atoms with van der Waals surface area (Å²) in [7, 11) is 0. The second-order valence-corrected chi connectivity index (χ2v) is 3.02. The third-order valence-electron chi connectivity index (χ3n) is 2.25. The third-order valence-corrected chi connectivity index (χ3v) is 2.25. The molecular formula is C11H10O2. The van der Waals surface area contributed by atoms with E-state index in [0.717, 1.165) is 18.4 Å². The average Bonchev–Trinajstić information content (AvgIpc) is 2.08. The first-order valence-electron chi connectivity index (χ1n) is 4.26. The third kappa shape index (κ3) is 1.35. The van der Waals surface area contributed by atoms with Crippen LogP contribution >= 0.6 is 0 Å². The molecule has 0 unspecified atom stereocenters. The minimum Gasteiger partial charge on any atom is -0.423 e. The van der Waals surface area contributed by atoms with Crippen molar-refractivity contribution >= 4 is 5.97 Å². The smallest absolute Gasteiger partial charge is 0.335 e. The molecule has 1 aromatic rings. The second kappa shape index (κ2) is 3.05. The Labute approximate surface area is 76.8 Å². The van der Waals surface area contributed by atoms with Crippen molar-refractivity contribution in [3.63, 3.8) is 0 Å². The first-order valence-corrected chi connectivity index (χ1v) is 4.26. The summed E-state index contributed by atoms with van der Waals surface area (Å²) in [6, 6.07) is 5.78. The molecule has 0 amide bonds. The fourth-order valence-corrected chi connectivity index (χ4v) is 1.46. The minimum atomic E-state index is -0.389. The lowest BCUT2D eigenvalue weighted by atomic mass is 9.88. The van der Waals surface area contributed by atoms with E-state index in [-0.39, 0.29) is 5.97 Å². The molecule has 0 aromatic heterocycles. The number of esters is 1. The maximum Gasteiger partial charge on any atom is 0.335 e. The van der Waals surface area contributed by atoms with Crippen molar-refractivity contribution in [2.75, 3.05) is 0 Å². The molecule has 0 radical (unpaired) electrons. The van der Waals surface area contributed by atoms with Crippen molar-refractivity contribution in [1.29, 1.82) is 0 Å². The number of carbonyl (C=O) groups is 1. The number of hydrogen-bond donors (Lipinski definition) is 0. The van der Waals surface area contributed by atoms with Gasteiger partial charge in [-0.3, -0.25) is 0 Å². The fraction of sp³-hybridized carbons (Fsp3) is 0.182. The highest BCUT2D eigenvalue weighted by Gasteiger charge is 2.18. The first-order chi connectivity index (χ1) is 6.31. The van der Waals surface area contributed by atoms with Gasteiger partial charge in [-0.05, 0) is 30.0 Å². The highest BCUT2D eigenvalue weighted by Crippen LogP contribution is 2.31. The summed E-state index contributed by atoms with van der Waals surface area (Å²) in [4.78, 5) is 10.9. The maximum atomic E-state index is 10.9. The lowest BCUT2D eigenvalue weighted by Crippen LogP contribution is -2.13. The van der Waals surface area contributed by atoms with Crippen molar-refractivity contribution < 1.29 is 9.53 Å². The Morgan fingerprint density at radius 2 is 2.31 bits per heavy atom.